The van der Waals surface area contributed by atoms with Gasteiger partial charge in [-0.3, -0.25) is 0 Å². The molecule has 0 amide bonds. The summed E-state index contributed by atoms with van der Waals surface area (Å²) < 4.78 is 0.764. The summed E-state index contributed by atoms with van der Waals surface area (Å²) in [6.07, 6.45) is 0. The van der Waals surface area contributed by atoms with E-state index in [9.17, 15) is 4.79 Å². The fourth-order valence-electron chi connectivity index (χ4n) is 1.34. The zero-order chi connectivity index (χ0) is 10.3. The van der Waals surface area contributed by atoms with Crippen LogP contribution in [0.2, 0.25) is 0 Å². The highest BCUT2D eigenvalue weighted by molar-refractivity contribution is 9.10. The number of hydrogen-bond donors (Lipinski definition) is 3. The zero-order valence-corrected chi connectivity index (χ0v) is 8.63. The van der Waals surface area contributed by atoms with Crippen LogP contribution in [-0.2, 0) is 0 Å². The number of aromatic amines is 1. The number of hydrogen-bond acceptors (Lipinski definition) is 2. The Morgan fingerprint density at radius 1 is 1.43 bits per heavy atom. The van der Waals surface area contributed by atoms with E-state index in [-0.39, 0.29) is 5.69 Å². The van der Waals surface area contributed by atoms with E-state index >= 15 is 0 Å². The van der Waals surface area contributed by atoms with Crippen LogP contribution in [0.4, 0.5) is 5.69 Å². The summed E-state index contributed by atoms with van der Waals surface area (Å²) in [6, 6.07) is 5.01. The van der Waals surface area contributed by atoms with Crippen molar-refractivity contribution in [3.8, 4) is 0 Å². The maximum atomic E-state index is 10.7. The first-order valence-corrected chi connectivity index (χ1v) is 4.68. The molecule has 2 rings (SSSR count). The van der Waals surface area contributed by atoms with Crippen LogP contribution in [0, 0.1) is 0 Å². The van der Waals surface area contributed by atoms with Gasteiger partial charge < -0.3 is 15.8 Å². The van der Waals surface area contributed by atoms with Crippen molar-refractivity contribution in [2.75, 3.05) is 5.73 Å². The molecule has 1 aromatic carbocycles. The largest absolute Gasteiger partial charge is 0.477 e. The molecule has 1 heterocycles. The average molecular weight is 255 g/mol. The summed E-state index contributed by atoms with van der Waals surface area (Å²) in [5.41, 5.74) is 7.12. The van der Waals surface area contributed by atoms with Gasteiger partial charge in [0.05, 0.1) is 5.52 Å². The number of nitrogens with two attached hydrogens (primary N) is 1. The lowest BCUT2D eigenvalue weighted by Crippen LogP contribution is -1.94. The fraction of sp³-hybridized carbons (Fsp3) is 0. The number of carboxylic acid groups (broad SMARTS) is 1. The molecular weight excluding hydrogens is 248 g/mol. The highest BCUT2D eigenvalue weighted by Crippen LogP contribution is 2.27. The summed E-state index contributed by atoms with van der Waals surface area (Å²) in [4.78, 5) is 13.5. The number of anilines is 1. The Bertz CT molecular complexity index is 519. The van der Waals surface area contributed by atoms with Crippen molar-refractivity contribution in [3.05, 3.63) is 28.4 Å². The number of H-pyrrole nitrogens is 1. The van der Waals surface area contributed by atoms with Crippen LogP contribution in [0.5, 0.6) is 0 Å². The lowest BCUT2D eigenvalue weighted by Gasteiger charge is -1.96. The molecule has 4 N–H and O–H groups in total. The summed E-state index contributed by atoms with van der Waals surface area (Å²) >= 11 is 3.31. The Kier molecular flexibility index (Phi) is 1.96. The molecule has 0 bridgehead atoms. The second-order valence-electron chi connectivity index (χ2n) is 2.96. The standard InChI is InChI=1S/C9H7BrN2O2/c10-6-3-5(11)1-4-2-7(9(13)14)12-8(4)6/h1-3,12H,11H2,(H,13,14). The van der Waals surface area contributed by atoms with Gasteiger partial charge in [0.1, 0.15) is 5.69 Å². The van der Waals surface area contributed by atoms with E-state index in [0.29, 0.717) is 5.69 Å². The van der Waals surface area contributed by atoms with Crippen molar-refractivity contribution in [2.45, 2.75) is 0 Å². The number of fused-ring (bicyclic) bond motifs is 1. The second kappa shape index (κ2) is 3.02. The van der Waals surface area contributed by atoms with E-state index in [0.717, 1.165) is 15.4 Å². The second-order valence-corrected chi connectivity index (χ2v) is 3.81. The van der Waals surface area contributed by atoms with Crippen molar-refractivity contribution in [2.24, 2.45) is 0 Å². The van der Waals surface area contributed by atoms with Gasteiger partial charge in [0.25, 0.3) is 0 Å². The molecule has 0 fully saturated rings. The molecule has 0 unspecified atom stereocenters. The maximum absolute atomic E-state index is 10.7. The van der Waals surface area contributed by atoms with Crippen LogP contribution < -0.4 is 5.73 Å². The van der Waals surface area contributed by atoms with Gasteiger partial charge in [0, 0.05) is 15.5 Å². The minimum Gasteiger partial charge on any atom is -0.477 e. The van der Waals surface area contributed by atoms with Crippen molar-refractivity contribution in [1.82, 2.24) is 4.98 Å². The van der Waals surface area contributed by atoms with Crippen LogP contribution in [0.25, 0.3) is 10.9 Å². The van der Waals surface area contributed by atoms with Crippen molar-refractivity contribution >= 4 is 38.5 Å². The molecule has 4 nitrogen and oxygen atoms in total. The Morgan fingerprint density at radius 3 is 2.79 bits per heavy atom. The van der Waals surface area contributed by atoms with Crippen LogP contribution >= 0.6 is 15.9 Å². The number of carbonyl (C=O) groups is 1. The Balaban J connectivity index is 2.76. The summed E-state index contributed by atoms with van der Waals surface area (Å²) in [7, 11) is 0. The summed E-state index contributed by atoms with van der Waals surface area (Å²) in [5.74, 6) is -0.980. The van der Waals surface area contributed by atoms with Crippen molar-refractivity contribution in [3.63, 3.8) is 0 Å². The van der Waals surface area contributed by atoms with Gasteiger partial charge in [-0.25, -0.2) is 4.79 Å². The fourth-order valence-corrected chi connectivity index (χ4v) is 1.93. The van der Waals surface area contributed by atoms with Crippen molar-refractivity contribution in [1.29, 1.82) is 0 Å². The maximum Gasteiger partial charge on any atom is 0.352 e. The lowest BCUT2D eigenvalue weighted by molar-refractivity contribution is 0.0691. The molecule has 0 spiro atoms. The van der Waals surface area contributed by atoms with E-state index in [1.807, 2.05) is 0 Å². The van der Waals surface area contributed by atoms with E-state index < -0.39 is 5.97 Å². The summed E-state index contributed by atoms with van der Waals surface area (Å²) in [6.45, 7) is 0. The van der Waals surface area contributed by atoms with Gasteiger partial charge in [-0.05, 0) is 34.1 Å². The molecule has 0 aliphatic carbocycles. The van der Waals surface area contributed by atoms with E-state index in [1.54, 1.807) is 18.2 Å². The molecule has 1 aromatic heterocycles. The topological polar surface area (TPSA) is 79.1 Å². The molecular formula is C9H7BrN2O2. The number of rotatable bonds is 1. The first kappa shape index (κ1) is 9.08. The molecule has 0 aliphatic heterocycles. The quantitative estimate of drug-likeness (QED) is 0.683. The number of nitrogen functional groups attached to an aromatic ring is 1. The Morgan fingerprint density at radius 2 is 2.14 bits per heavy atom. The molecule has 0 saturated carbocycles. The molecule has 14 heavy (non-hydrogen) atoms. The SMILES string of the molecule is Nc1cc(Br)c2[nH]c(C(=O)O)cc2c1. The number of aromatic nitrogens is 1. The molecule has 5 heteroatoms. The van der Waals surface area contributed by atoms with Gasteiger partial charge >= 0.3 is 5.97 Å². The van der Waals surface area contributed by atoms with Gasteiger partial charge in [-0.15, -0.1) is 0 Å². The van der Waals surface area contributed by atoms with Gasteiger partial charge in [0.2, 0.25) is 0 Å². The number of aromatic carboxylic acids is 1. The smallest absolute Gasteiger partial charge is 0.352 e. The highest BCUT2D eigenvalue weighted by atomic mass is 79.9. The average Bonchev–Trinajstić information content (AvgIpc) is 2.47. The molecule has 0 radical (unpaired) electrons. The molecule has 0 aliphatic rings. The Labute approximate surface area is 87.9 Å². The van der Waals surface area contributed by atoms with E-state index in [2.05, 4.69) is 20.9 Å². The Hall–Kier alpha value is -1.49. The first-order valence-electron chi connectivity index (χ1n) is 3.89. The third-order valence-corrected chi connectivity index (χ3v) is 2.56. The van der Waals surface area contributed by atoms with Gasteiger partial charge in [0.15, 0.2) is 0 Å². The van der Waals surface area contributed by atoms with Crippen LogP contribution in [0.1, 0.15) is 10.5 Å². The van der Waals surface area contributed by atoms with Crippen molar-refractivity contribution < 1.29 is 9.90 Å². The normalized spacial score (nSPS) is 10.6. The molecule has 0 saturated heterocycles. The van der Waals surface area contributed by atoms with Crippen LogP contribution in [-0.4, -0.2) is 16.1 Å². The van der Waals surface area contributed by atoms with Gasteiger partial charge in [-0.1, -0.05) is 0 Å². The molecule has 2 aromatic rings. The van der Waals surface area contributed by atoms with Crippen LogP contribution in [0.15, 0.2) is 22.7 Å². The van der Waals surface area contributed by atoms with Crippen LogP contribution in [0.3, 0.4) is 0 Å². The highest BCUT2D eigenvalue weighted by Gasteiger charge is 2.09. The third-order valence-electron chi connectivity index (χ3n) is 1.93. The first-order chi connectivity index (χ1) is 6.58. The van der Waals surface area contributed by atoms with E-state index in [4.69, 9.17) is 10.8 Å². The molecule has 0 atom stereocenters. The minimum atomic E-state index is -0.980. The predicted octanol–water partition coefficient (Wildman–Crippen LogP) is 2.21. The predicted molar refractivity (Wildman–Crippen MR) is 57.4 cm³/mol. The van der Waals surface area contributed by atoms with Gasteiger partial charge in [-0.2, -0.15) is 0 Å². The lowest BCUT2D eigenvalue weighted by atomic mass is 10.2. The third kappa shape index (κ3) is 1.35. The zero-order valence-electron chi connectivity index (χ0n) is 7.04. The molecule has 72 valence electrons. The minimum absolute atomic E-state index is 0.159. The number of benzene rings is 1. The monoisotopic (exact) mass is 254 g/mol. The number of carboxylic acids is 1. The number of halogens is 1. The summed E-state index contributed by atoms with van der Waals surface area (Å²) in [5, 5.41) is 9.55. The van der Waals surface area contributed by atoms with E-state index in [1.165, 1.54) is 0 Å². The number of nitrogens with one attached hydrogen (secondary N) is 1.